The summed E-state index contributed by atoms with van der Waals surface area (Å²) in [5.41, 5.74) is 1.81. The number of nitrogens with zero attached hydrogens (tertiary/aromatic N) is 1. The van der Waals surface area contributed by atoms with Crippen molar-refractivity contribution in [3.8, 4) is 11.6 Å². The van der Waals surface area contributed by atoms with E-state index >= 15 is 0 Å². The van der Waals surface area contributed by atoms with Crippen molar-refractivity contribution in [3.63, 3.8) is 0 Å². The minimum atomic E-state index is -0.678. The average molecular weight is 292 g/mol. The van der Waals surface area contributed by atoms with Crippen molar-refractivity contribution in [2.75, 3.05) is 6.54 Å². The van der Waals surface area contributed by atoms with Crippen molar-refractivity contribution in [1.29, 1.82) is 0 Å². The normalized spacial score (nSPS) is 10.7. The van der Waals surface area contributed by atoms with Crippen LogP contribution >= 0.6 is 0 Å². The van der Waals surface area contributed by atoms with Gasteiger partial charge in [-0.25, -0.2) is 13.8 Å². The van der Waals surface area contributed by atoms with Gasteiger partial charge in [0, 0.05) is 36.5 Å². The minimum Gasteiger partial charge on any atom is -0.439 e. The maximum absolute atomic E-state index is 13.1. The Bertz CT molecular complexity index is 597. The van der Waals surface area contributed by atoms with Gasteiger partial charge < -0.3 is 10.1 Å². The van der Waals surface area contributed by atoms with E-state index in [1.54, 1.807) is 6.07 Å². The van der Waals surface area contributed by atoms with Crippen LogP contribution in [0.25, 0.3) is 0 Å². The fourth-order valence-corrected chi connectivity index (χ4v) is 1.98. The molecule has 2 rings (SSSR count). The van der Waals surface area contributed by atoms with Crippen LogP contribution in [-0.4, -0.2) is 11.5 Å². The zero-order valence-corrected chi connectivity index (χ0v) is 12.1. The second kappa shape index (κ2) is 7.13. The summed E-state index contributed by atoms with van der Waals surface area (Å²) in [5, 5.41) is 3.28. The first-order valence-electron chi connectivity index (χ1n) is 6.89. The molecule has 0 aliphatic carbocycles. The molecule has 3 nitrogen and oxygen atoms in total. The molecule has 1 aromatic carbocycles. The molecule has 0 aliphatic rings. The molecule has 112 valence electrons. The van der Waals surface area contributed by atoms with Gasteiger partial charge in [-0.1, -0.05) is 6.92 Å². The van der Waals surface area contributed by atoms with E-state index in [0.29, 0.717) is 12.4 Å². The molecule has 1 aromatic heterocycles. The number of pyridine rings is 1. The van der Waals surface area contributed by atoms with Crippen LogP contribution in [0.2, 0.25) is 0 Å². The maximum atomic E-state index is 13.1. The molecule has 0 amide bonds. The van der Waals surface area contributed by atoms with E-state index in [-0.39, 0.29) is 5.75 Å². The first-order chi connectivity index (χ1) is 10.1. The number of hydrogen-bond donors (Lipinski definition) is 1. The average Bonchev–Trinajstić information content (AvgIpc) is 2.37. The molecule has 0 fully saturated rings. The highest BCUT2D eigenvalue weighted by Crippen LogP contribution is 2.23. The van der Waals surface area contributed by atoms with Crippen molar-refractivity contribution < 1.29 is 13.5 Å². The van der Waals surface area contributed by atoms with E-state index in [1.165, 1.54) is 0 Å². The smallest absolute Gasteiger partial charge is 0.219 e. The molecule has 1 heterocycles. The van der Waals surface area contributed by atoms with Crippen LogP contribution in [0.4, 0.5) is 8.78 Å². The molecule has 5 heteroatoms. The van der Waals surface area contributed by atoms with Gasteiger partial charge in [0.15, 0.2) is 0 Å². The van der Waals surface area contributed by atoms with Crippen LogP contribution in [-0.2, 0) is 6.54 Å². The molecule has 0 aliphatic heterocycles. The second-order valence-corrected chi connectivity index (χ2v) is 4.84. The number of ether oxygens (including phenoxy) is 1. The number of aryl methyl sites for hydroxylation is 1. The van der Waals surface area contributed by atoms with Gasteiger partial charge in [-0.05, 0) is 31.5 Å². The van der Waals surface area contributed by atoms with Crippen molar-refractivity contribution in [2.45, 2.75) is 26.8 Å². The molecule has 0 bridgehead atoms. The SMILES string of the molecule is CCCNCc1cc(C)nc(Oc2cc(F)cc(F)c2)c1. The zero-order chi connectivity index (χ0) is 15.2. The van der Waals surface area contributed by atoms with Crippen molar-refractivity contribution in [1.82, 2.24) is 10.3 Å². The van der Waals surface area contributed by atoms with Gasteiger partial charge in [-0.3, -0.25) is 0 Å². The van der Waals surface area contributed by atoms with Gasteiger partial charge in [-0.15, -0.1) is 0 Å². The van der Waals surface area contributed by atoms with Crippen molar-refractivity contribution in [2.24, 2.45) is 0 Å². The monoisotopic (exact) mass is 292 g/mol. The molecule has 0 atom stereocenters. The number of rotatable bonds is 6. The van der Waals surface area contributed by atoms with E-state index < -0.39 is 11.6 Å². The molecular weight excluding hydrogens is 274 g/mol. The summed E-state index contributed by atoms with van der Waals surface area (Å²) in [7, 11) is 0. The predicted molar refractivity (Wildman–Crippen MR) is 77.4 cm³/mol. The summed E-state index contributed by atoms with van der Waals surface area (Å²) in [4.78, 5) is 4.22. The van der Waals surface area contributed by atoms with Gasteiger partial charge >= 0.3 is 0 Å². The van der Waals surface area contributed by atoms with Gasteiger partial charge in [-0.2, -0.15) is 0 Å². The van der Waals surface area contributed by atoms with E-state index in [2.05, 4.69) is 17.2 Å². The Kier molecular flexibility index (Phi) is 5.22. The highest BCUT2D eigenvalue weighted by atomic mass is 19.1. The van der Waals surface area contributed by atoms with Gasteiger partial charge in [0.1, 0.15) is 17.4 Å². The van der Waals surface area contributed by atoms with Crippen molar-refractivity contribution >= 4 is 0 Å². The van der Waals surface area contributed by atoms with E-state index in [9.17, 15) is 8.78 Å². The molecule has 1 N–H and O–H groups in total. The van der Waals surface area contributed by atoms with Gasteiger partial charge in [0.2, 0.25) is 5.88 Å². The fourth-order valence-electron chi connectivity index (χ4n) is 1.98. The zero-order valence-electron chi connectivity index (χ0n) is 12.1. The van der Waals surface area contributed by atoms with Crippen LogP contribution in [0.15, 0.2) is 30.3 Å². The first kappa shape index (κ1) is 15.4. The lowest BCUT2D eigenvalue weighted by Gasteiger charge is -2.09. The lowest BCUT2D eigenvalue weighted by molar-refractivity contribution is 0.449. The van der Waals surface area contributed by atoms with E-state index in [4.69, 9.17) is 4.74 Å². The molecule has 2 aromatic rings. The maximum Gasteiger partial charge on any atom is 0.219 e. The largest absolute Gasteiger partial charge is 0.439 e. The fraction of sp³-hybridized carbons (Fsp3) is 0.312. The highest BCUT2D eigenvalue weighted by molar-refractivity contribution is 5.31. The molecular formula is C16H18F2N2O. The Labute approximate surface area is 123 Å². The van der Waals surface area contributed by atoms with Crippen LogP contribution < -0.4 is 10.1 Å². The number of aromatic nitrogens is 1. The van der Waals surface area contributed by atoms with Crippen molar-refractivity contribution in [3.05, 3.63) is 53.2 Å². The summed E-state index contributed by atoms with van der Waals surface area (Å²) in [5.74, 6) is -0.934. The van der Waals surface area contributed by atoms with E-state index in [1.807, 2.05) is 13.0 Å². The minimum absolute atomic E-state index is 0.0954. The second-order valence-electron chi connectivity index (χ2n) is 4.84. The topological polar surface area (TPSA) is 34.2 Å². The first-order valence-corrected chi connectivity index (χ1v) is 6.89. The summed E-state index contributed by atoms with van der Waals surface area (Å²) >= 11 is 0. The Balaban J connectivity index is 2.15. The quantitative estimate of drug-likeness (QED) is 0.818. The Morgan fingerprint density at radius 3 is 2.48 bits per heavy atom. The molecule has 0 saturated heterocycles. The summed E-state index contributed by atoms with van der Waals surface area (Å²) in [6, 6.07) is 6.76. The number of halogens is 2. The molecule has 0 radical (unpaired) electrons. The van der Waals surface area contributed by atoms with Crippen LogP contribution in [0.1, 0.15) is 24.6 Å². The lowest BCUT2D eigenvalue weighted by atomic mass is 10.2. The highest BCUT2D eigenvalue weighted by Gasteiger charge is 2.06. The van der Waals surface area contributed by atoms with Crippen LogP contribution in [0, 0.1) is 18.6 Å². The molecule has 0 unspecified atom stereocenters. The Hall–Kier alpha value is -2.01. The van der Waals surface area contributed by atoms with Gasteiger partial charge in [0.25, 0.3) is 0 Å². The third-order valence-electron chi connectivity index (χ3n) is 2.80. The molecule has 0 spiro atoms. The Morgan fingerprint density at radius 1 is 1.10 bits per heavy atom. The Morgan fingerprint density at radius 2 is 1.81 bits per heavy atom. The molecule has 0 saturated carbocycles. The summed E-state index contributed by atoms with van der Waals surface area (Å²) in [6.07, 6.45) is 1.05. The van der Waals surface area contributed by atoms with E-state index in [0.717, 1.165) is 42.4 Å². The van der Waals surface area contributed by atoms with Gasteiger partial charge in [0.05, 0.1) is 0 Å². The third-order valence-corrected chi connectivity index (χ3v) is 2.80. The number of nitrogens with one attached hydrogen (secondary N) is 1. The van der Waals surface area contributed by atoms with Crippen LogP contribution in [0.5, 0.6) is 11.6 Å². The molecule has 21 heavy (non-hydrogen) atoms. The number of hydrogen-bond acceptors (Lipinski definition) is 3. The summed E-state index contributed by atoms with van der Waals surface area (Å²) < 4.78 is 31.7. The van der Waals surface area contributed by atoms with Crippen LogP contribution in [0.3, 0.4) is 0 Å². The standard InChI is InChI=1S/C16H18F2N2O/c1-3-4-19-10-12-5-11(2)20-16(6-12)21-15-8-13(17)7-14(18)9-15/h5-9,19H,3-4,10H2,1-2H3. The third kappa shape index (κ3) is 4.79. The summed E-state index contributed by atoms with van der Waals surface area (Å²) in [6.45, 7) is 5.57. The number of benzene rings is 1. The lowest BCUT2D eigenvalue weighted by Crippen LogP contribution is -2.14. The predicted octanol–water partition coefficient (Wildman–Crippen LogP) is 3.96.